The molecule has 0 radical (unpaired) electrons. The normalized spacial score (nSPS) is 25.2. The average Bonchev–Trinajstić information content (AvgIpc) is 2.50. The van der Waals surface area contributed by atoms with Gasteiger partial charge >= 0.3 is 0 Å². The standard InChI is InChI=1S/C13H15FN2O3/c14-8-1-2-9-10(7-8)19-13(3-5-18-6-4-13)11(15)12(17)16-9/h1-2,7,11H,3-6,15H2,(H,16,17). The van der Waals surface area contributed by atoms with Crippen molar-refractivity contribution in [1.82, 2.24) is 0 Å². The van der Waals surface area contributed by atoms with Crippen molar-refractivity contribution in [2.75, 3.05) is 18.5 Å². The molecular weight excluding hydrogens is 251 g/mol. The topological polar surface area (TPSA) is 73.6 Å². The molecule has 1 fully saturated rings. The summed E-state index contributed by atoms with van der Waals surface area (Å²) in [6.45, 7) is 0.956. The van der Waals surface area contributed by atoms with Crippen molar-refractivity contribution in [3.63, 3.8) is 0 Å². The first-order valence-electron chi connectivity index (χ1n) is 6.23. The number of anilines is 1. The smallest absolute Gasteiger partial charge is 0.245 e. The molecule has 6 heteroatoms. The maximum atomic E-state index is 13.3. The number of hydrogen-bond donors (Lipinski definition) is 2. The van der Waals surface area contributed by atoms with E-state index in [-0.39, 0.29) is 5.91 Å². The molecule has 5 nitrogen and oxygen atoms in total. The Morgan fingerprint density at radius 3 is 2.84 bits per heavy atom. The van der Waals surface area contributed by atoms with Crippen LogP contribution in [0.1, 0.15) is 12.8 Å². The van der Waals surface area contributed by atoms with Crippen molar-refractivity contribution in [3.05, 3.63) is 24.0 Å². The van der Waals surface area contributed by atoms with Crippen LogP contribution < -0.4 is 15.8 Å². The fourth-order valence-electron chi connectivity index (χ4n) is 2.55. The second-order valence-electron chi connectivity index (χ2n) is 4.89. The Kier molecular flexibility index (Phi) is 2.91. The molecule has 2 heterocycles. The number of carbonyl (C=O) groups excluding carboxylic acids is 1. The highest BCUT2D eigenvalue weighted by Crippen LogP contribution is 2.37. The first-order chi connectivity index (χ1) is 9.11. The first kappa shape index (κ1) is 12.4. The highest BCUT2D eigenvalue weighted by Gasteiger charge is 2.46. The van der Waals surface area contributed by atoms with Crippen molar-refractivity contribution in [2.24, 2.45) is 5.73 Å². The zero-order chi connectivity index (χ0) is 13.5. The van der Waals surface area contributed by atoms with Crippen LogP contribution in [0.2, 0.25) is 0 Å². The van der Waals surface area contributed by atoms with E-state index in [1.165, 1.54) is 18.2 Å². The third-order valence-electron chi connectivity index (χ3n) is 3.70. The van der Waals surface area contributed by atoms with Crippen molar-refractivity contribution in [1.29, 1.82) is 0 Å². The quantitative estimate of drug-likeness (QED) is 0.735. The second kappa shape index (κ2) is 4.47. The lowest BCUT2D eigenvalue weighted by molar-refractivity contribution is -0.125. The predicted octanol–water partition coefficient (Wildman–Crippen LogP) is 1.03. The van der Waals surface area contributed by atoms with Crippen LogP contribution in [0.5, 0.6) is 5.75 Å². The van der Waals surface area contributed by atoms with E-state index in [1.54, 1.807) is 0 Å². The third kappa shape index (κ3) is 2.06. The van der Waals surface area contributed by atoms with Gasteiger partial charge in [-0.05, 0) is 12.1 Å². The van der Waals surface area contributed by atoms with Crippen molar-refractivity contribution >= 4 is 11.6 Å². The number of hydrogen-bond acceptors (Lipinski definition) is 4. The lowest BCUT2D eigenvalue weighted by Gasteiger charge is -2.39. The monoisotopic (exact) mass is 266 g/mol. The van der Waals surface area contributed by atoms with Gasteiger partial charge in [-0.2, -0.15) is 0 Å². The molecule has 0 bridgehead atoms. The van der Waals surface area contributed by atoms with Gasteiger partial charge in [-0.15, -0.1) is 0 Å². The van der Waals surface area contributed by atoms with Crippen LogP contribution in [0.3, 0.4) is 0 Å². The lowest BCUT2D eigenvalue weighted by atomic mass is 9.86. The molecule has 1 aromatic carbocycles. The Morgan fingerprint density at radius 1 is 1.37 bits per heavy atom. The number of nitrogens with two attached hydrogens (primary N) is 1. The fraction of sp³-hybridized carbons (Fsp3) is 0.462. The maximum Gasteiger partial charge on any atom is 0.245 e. The van der Waals surface area contributed by atoms with Crippen LogP contribution in [-0.4, -0.2) is 30.8 Å². The van der Waals surface area contributed by atoms with Gasteiger partial charge in [0.25, 0.3) is 0 Å². The van der Waals surface area contributed by atoms with Crippen molar-refractivity contribution < 1.29 is 18.7 Å². The minimum atomic E-state index is -0.818. The van der Waals surface area contributed by atoms with Crippen LogP contribution in [0, 0.1) is 5.82 Å². The highest BCUT2D eigenvalue weighted by molar-refractivity contribution is 5.97. The molecule has 19 heavy (non-hydrogen) atoms. The van der Waals surface area contributed by atoms with Crippen LogP contribution >= 0.6 is 0 Å². The van der Waals surface area contributed by atoms with Gasteiger partial charge in [0.1, 0.15) is 23.2 Å². The van der Waals surface area contributed by atoms with Gasteiger partial charge in [0.15, 0.2) is 0 Å². The SMILES string of the molecule is NC1C(=O)Nc2ccc(F)cc2OC12CCOCC2. The van der Waals surface area contributed by atoms with E-state index in [1.807, 2.05) is 0 Å². The molecular formula is C13H15FN2O3. The molecule has 3 rings (SSSR count). The van der Waals surface area contributed by atoms with Gasteiger partial charge < -0.3 is 20.5 Å². The Labute approximate surface area is 109 Å². The summed E-state index contributed by atoms with van der Waals surface area (Å²) in [5, 5.41) is 2.67. The molecule has 1 saturated heterocycles. The molecule has 1 atom stereocenters. The Morgan fingerprint density at radius 2 is 2.11 bits per heavy atom. The first-order valence-corrected chi connectivity index (χ1v) is 6.23. The number of rotatable bonds is 0. The summed E-state index contributed by atoms with van der Waals surface area (Å²) in [6, 6.07) is 3.22. The fourth-order valence-corrected chi connectivity index (χ4v) is 2.55. The number of ether oxygens (including phenoxy) is 2. The molecule has 1 amide bonds. The number of halogens is 1. The van der Waals surface area contributed by atoms with E-state index in [9.17, 15) is 9.18 Å². The van der Waals surface area contributed by atoms with Gasteiger partial charge in [-0.3, -0.25) is 4.79 Å². The van der Waals surface area contributed by atoms with Gasteiger partial charge in [-0.1, -0.05) is 0 Å². The van der Waals surface area contributed by atoms with E-state index < -0.39 is 17.5 Å². The molecule has 102 valence electrons. The summed E-state index contributed by atoms with van der Waals surface area (Å²) in [6.07, 6.45) is 1.02. The van der Waals surface area contributed by atoms with Crippen LogP contribution in [0.15, 0.2) is 18.2 Å². The van der Waals surface area contributed by atoms with Gasteiger partial charge in [0, 0.05) is 18.9 Å². The molecule has 1 unspecified atom stereocenters. The largest absolute Gasteiger partial charge is 0.483 e. The number of fused-ring (bicyclic) bond motifs is 1. The van der Waals surface area contributed by atoms with Gasteiger partial charge in [0.2, 0.25) is 5.91 Å². The zero-order valence-corrected chi connectivity index (χ0v) is 10.3. The summed E-state index contributed by atoms with van der Waals surface area (Å²) in [4.78, 5) is 12.1. The second-order valence-corrected chi connectivity index (χ2v) is 4.89. The van der Waals surface area contributed by atoms with E-state index in [0.29, 0.717) is 37.5 Å². The summed E-state index contributed by atoms with van der Waals surface area (Å²) >= 11 is 0. The molecule has 1 aromatic rings. The molecule has 2 aliphatic rings. The Hall–Kier alpha value is -1.66. The summed E-state index contributed by atoms with van der Waals surface area (Å²) < 4.78 is 24.5. The maximum absolute atomic E-state index is 13.3. The average molecular weight is 266 g/mol. The highest BCUT2D eigenvalue weighted by atomic mass is 19.1. The number of nitrogens with one attached hydrogen (secondary N) is 1. The molecule has 2 aliphatic heterocycles. The third-order valence-corrected chi connectivity index (χ3v) is 3.70. The summed E-state index contributed by atoms with van der Waals surface area (Å²) in [7, 11) is 0. The lowest BCUT2D eigenvalue weighted by Crippen LogP contribution is -2.59. The molecule has 1 spiro atoms. The number of benzene rings is 1. The van der Waals surface area contributed by atoms with Crippen molar-refractivity contribution in [3.8, 4) is 5.75 Å². The Bertz CT molecular complexity index is 515. The van der Waals surface area contributed by atoms with Crippen LogP contribution in [0.25, 0.3) is 0 Å². The van der Waals surface area contributed by atoms with E-state index >= 15 is 0 Å². The van der Waals surface area contributed by atoms with Gasteiger partial charge in [0.05, 0.1) is 18.9 Å². The van der Waals surface area contributed by atoms with Gasteiger partial charge in [-0.25, -0.2) is 4.39 Å². The molecule has 0 saturated carbocycles. The minimum Gasteiger partial charge on any atom is -0.483 e. The van der Waals surface area contributed by atoms with Crippen molar-refractivity contribution in [2.45, 2.75) is 24.5 Å². The Balaban J connectivity index is 2.04. The van der Waals surface area contributed by atoms with Crippen LogP contribution in [-0.2, 0) is 9.53 Å². The number of carbonyl (C=O) groups is 1. The van der Waals surface area contributed by atoms with Crippen LogP contribution in [0.4, 0.5) is 10.1 Å². The van der Waals surface area contributed by atoms with E-state index in [0.717, 1.165) is 0 Å². The molecule has 0 aromatic heterocycles. The summed E-state index contributed by atoms with van der Waals surface area (Å²) in [5.74, 6) is -0.402. The van der Waals surface area contributed by atoms with E-state index in [2.05, 4.69) is 5.32 Å². The summed E-state index contributed by atoms with van der Waals surface area (Å²) in [5.41, 5.74) is 5.65. The zero-order valence-electron chi connectivity index (χ0n) is 10.3. The molecule has 0 aliphatic carbocycles. The predicted molar refractivity (Wildman–Crippen MR) is 66.4 cm³/mol. The molecule has 3 N–H and O–H groups in total. The minimum absolute atomic E-state index is 0.313. The van der Waals surface area contributed by atoms with E-state index in [4.69, 9.17) is 15.2 Å². The number of amides is 1.